The smallest absolute Gasteiger partial charge is 0.0737 e. The largest absolute Gasteiger partial charge is 0.385 e. The van der Waals surface area contributed by atoms with Crippen LogP contribution in [0.15, 0.2) is 90.3 Å². The van der Waals surface area contributed by atoms with E-state index in [0.29, 0.717) is 5.02 Å². The van der Waals surface area contributed by atoms with Crippen LogP contribution >= 0.6 is 11.6 Å². The predicted octanol–water partition coefficient (Wildman–Crippen LogP) is 7.53. The van der Waals surface area contributed by atoms with E-state index in [9.17, 15) is 0 Å². The van der Waals surface area contributed by atoms with Gasteiger partial charge in [0.1, 0.15) is 0 Å². The molecular formula is C30H41ClN4. The SMILES string of the molecule is C=C/C=C(NCCCN(C)CCCCNc1ccnc2cc(Cl)ccc12)\C(=C\C=C(C)C)C(=C)C. The van der Waals surface area contributed by atoms with Crippen LogP contribution in [0.3, 0.4) is 0 Å². The zero-order chi connectivity index (χ0) is 25.6. The lowest BCUT2D eigenvalue weighted by molar-refractivity contribution is 0.322. The summed E-state index contributed by atoms with van der Waals surface area (Å²) >= 11 is 6.09. The molecular weight excluding hydrogens is 452 g/mol. The lowest BCUT2D eigenvalue weighted by Crippen LogP contribution is -2.25. The monoisotopic (exact) mass is 492 g/mol. The van der Waals surface area contributed by atoms with Crippen molar-refractivity contribution in [2.45, 2.75) is 40.0 Å². The average Bonchev–Trinajstić information content (AvgIpc) is 2.81. The summed E-state index contributed by atoms with van der Waals surface area (Å²) in [5, 5.41) is 8.95. The van der Waals surface area contributed by atoms with Gasteiger partial charge >= 0.3 is 0 Å². The van der Waals surface area contributed by atoms with Gasteiger partial charge in [-0.3, -0.25) is 4.98 Å². The number of allylic oxidation sites excluding steroid dienone is 6. The molecule has 5 heteroatoms. The Hall–Kier alpha value is -2.82. The van der Waals surface area contributed by atoms with E-state index in [4.69, 9.17) is 11.6 Å². The van der Waals surface area contributed by atoms with Gasteiger partial charge in [0.2, 0.25) is 0 Å². The highest BCUT2D eigenvalue weighted by atomic mass is 35.5. The number of hydrogen-bond donors (Lipinski definition) is 2. The quantitative estimate of drug-likeness (QED) is 0.199. The van der Waals surface area contributed by atoms with Crippen LogP contribution in [-0.4, -0.2) is 43.1 Å². The summed E-state index contributed by atoms with van der Waals surface area (Å²) < 4.78 is 0. The van der Waals surface area contributed by atoms with Crippen molar-refractivity contribution in [2.24, 2.45) is 0 Å². The van der Waals surface area contributed by atoms with Crippen LogP contribution < -0.4 is 10.6 Å². The van der Waals surface area contributed by atoms with Crippen LogP contribution in [0.4, 0.5) is 5.69 Å². The van der Waals surface area contributed by atoms with E-state index in [0.717, 1.165) is 78.9 Å². The van der Waals surface area contributed by atoms with Gasteiger partial charge in [-0.2, -0.15) is 0 Å². The Morgan fingerprint density at radius 2 is 1.80 bits per heavy atom. The molecule has 0 spiro atoms. The number of hydrogen-bond acceptors (Lipinski definition) is 4. The number of rotatable bonds is 15. The van der Waals surface area contributed by atoms with Crippen molar-refractivity contribution in [3.63, 3.8) is 0 Å². The lowest BCUT2D eigenvalue weighted by atomic mass is 10.0. The van der Waals surface area contributed by atoms with Gasteiger partial charge < -0.3 is 15.5 Å². The Morgan fingerprint density at radius 3 is 2.51 bits per heavy atom. The second-order valence-corrected chi connectivity index (χ2v) is 9.59. The van der Waals surface area contributed by atoms with Crippen LogP contribution in [0.1, 0.15) is 40.0 Å². The van der Waals surface area contributed by atoms with Crippen molar-refractivity contribution in [1.29, 1.82) is 0 Å². The van der Waals surface area contributed by atoms with Crippen molar-refractivity contribution in [3.8, 4) is 0 Å². The van der Waals surface area contributed by atoms with E-state index < -0.39 is 0 Å². The number of benzene rings is 1. The number of anilines is 1. The minimum absolute atomic E-state index is 0.713. The highest BCUT2D eigenvalue weighted by Gasteiger charge is 2.06. The zero-order valence-electron chi connectivity index (χ0n) is 21.8. The maximum atomic E-state index is 6.09. The van der Waals surface area contributed by atoms with Gasteiger partial charge in [-0.1, -0.05) is 48.6 Å². The summed E-state index contributed by atoms with van der Waals surface area (Å²) in [6.07, 6.45) is 13.3. The van der Waals surface area contributed by atoms with Crippen molar-refractivity contribution >= 4 is 28.2 Å². The third-order valence-corrected chi connectivity index (χ3v) is 5.87. The van der Waals surface area contributed by atoms with E-state index in [2.05, 4.69) is 66.7 Å². The van der Waals surface area contributed by atoms with Gasteiger partial charge in [-0.15, -0.1) is 0 Å². The Bertz CT molecular complexity index is 1080. The number of fused-ring (bicyclic) bond motifs is 1. The third kappa shape index (κ3) is 10.1. The van der Waals surface area contributed by atoms with Gasteiger partial charge in [0.05, 0.1) is 5.52 Å². The highest BCUT2D eigenvalue weighted by molar-refractivity contribution is 6.31. The molecule has 0 saturated carbocycles. The topological polar surface area (TPSA) is 40.2 Å². The van der Waals surface area contributed by atoms with E-state index >= 15 is 0 Å². The maximum Gasteiger partial charge on any atom is 0.0737 e. The fourth-order valence-corrected chi connectivity index (χ4v) is 3.93. The molecule has 188 valence electrons. The molecule has 35 heavy (non-hydrogen) atoms. The molecule has 2 rings (SSSR count). The number of aromatic nitrogens is 1. The zero-order valence-corrected chi connectivity index (χ0v) is 22.6. The maximum absolute atomic E-state index is 6.09. The number of nitrogens with zero attached hydrogens (tertiary/aromatic N) is 2. The van der Waals surface area contributed by atoms with Gasteiger partial charge in [0, 0.05) is 41.1 Å². The second kappa shape index (κ2) is 15.2. The molecule has 0 saturated heterocycles. The van der Waals surface area contributed by atoms with Crippen LogP contribution in [0.25, 0.3) is 10.9 Å². The minimum Gasteiger partial charge on any atom is -0.385 e. The summed E-state index contributed by atoms with van der Waals surface area (Å²) in [4.78, 5) is 6.81. The van der Waals surface area contributed by atoms with E-state index in [1.807, 2.05) is 49.5 Å². The Labute approximate surface area is 217 Å². The van der Waals surface area contributed by atoms with Crippen molar-refractivity contribution in [2.75, 3.05) is 38.5 Å². The molecule has 0 bridgehead atoms. The fourth-order valence-electron chi connectivity index (χ4n) is 3.76. The van der Waals surface area contributed by atoms with E-state index in [1.54, 1.807) is 0 Å². The lowest BCUT2D eigenvalue weighted by Gasteiger charge is -2.19. The molecule has 0 aliphatic rings. The van der Waals surface area contributed by atoms with Gasteiger partial charge in [0.25, 0.3) is 0 Å². The first kappa shape index (κ1) is 28.4. The standard InChI is InChI=1S/C30H41ClN4/c1-7-11-28(26(24(4)5)14-12-23(2)3)33-18-10-21-35(6)20-9-8-17-32-29-16-19-34-30-22-25(31)13-15-27(29)30/h7,11-16,19,22,33H,1,4,8-10,17-18,20-21H2,2-3,5-6H3,(H,32,34)/b26-14+,28-11+. The molecule has 0 unspecified atom stereocenters. The second-order valence-electron chi connectivity index (χ2n) is 9.16. The summed E-state index contributed by atoms with van der Waals surface area (Å²) in [5.74, 6) is 0. The van der Waals surface area contributed by atoms with Crippen LogP contribution in [0.2, 0.25) is 5.02 Å². The van der Waals surface area contributed by atoms with E-state index in [-0.39, 0.29) is 0 Å². The summed E-state index contributed by atoms with van der Waals surface area (Å²) in [5.41, 5.74) is 6.53. The molecule has 1 heterocycles. The number of unbranched alkanes of at least 4 members (excludes halogenated alkanes) is 1. The van der Waals surface area contributed by atoms with Crippen LogP contribution in [-0.2, 0) is 0 Å². The Morgan fingerprint density at radius 1 is 1.03 bits per heavy atom. The predicted molar refractivity (Wildman–Crippen MR) is 155 cm³/mol. The van der Waals surface area contributed by atoms with Gasteiger partial charge in [0.15, 0.2) is 0 Å². The first-order valence-corrected chi connectivity index (χ1v) is 12.7. The van der Waals surface area contributed by atoms with Crippen LogP contribution in [0, 0.1) is 0 Å². The molecule has 4 nitrogen and oxygen atoms in total. The first-order chi connectivity index (χ1) is 16.8. The summed E-state index contributed by atoms with van der Waals surface area (Å²) in [7, 11) is 2.20. The number of halogens is 1. The Kier molecular flexibility index (Phi) is 12.4. The summed E-state index contributed by atoms with van der Waals surface area (Å²) in [6.45, 7) is 18.2. The molecule has 0 aliphatic heterocycles. The molecule has 0 amide bonds. The molecule has 0 atom stereocenters. The molecule has 2 N–H and O–H groups in total. The molecule has 0 aliphatic carbocycles. The van der Waals surface area contributed by atoms with E-state index in [1.165, 1.54) is 5.57 Å². The molecule has 2 aromatic rings. The fraction of sp³-hybridized carbons (Fsp3) is 0.367. The minimum atomic E-state index is 0.713. The van der Waals surface area contributed by atoms with Crippen molar-refractivity contribution in [1.82, 2.24) is 15.2 Å². The normalized spacial score (nSPS) is 12.1. The third-order valence-electron chi connectivity index (χ3n) is 5.64. The number of pyridine rings is 1. The van der Waals surface area contributed by atoms with Crippen molar-refractivity contribution in [3.05, 3.63) is 95.4 Å². The van der Waals surface area contributed by atoms with Gasteiger partial charge in [-0.25, -0.2) is 0 Å². The van der Waals surface area contributed by atoms with Crippen LogP contribution in [0.5, 0.6) is 0 Å². The summed E-state index contributed by atoms with van der Waals surface area (Å²) in [6, 6.07) is 7.87. The average molecular weight is 493 g/mol. The number of nitrogens with one attached hydrogen (secondary N) is 2. The first-order valence-electron chi connectivity index (χ1n) is 12.4. The molecule has 1 aromatic heterocycles. The van der Waals surface area contributed by atoms with Crippen molar-refractivity contribution < 1.29 is 0 Å². The Balaban J connectivity index is 1.71. The molecule has 0 fully saturated rings. The molecule has 0 radical (unpaired) electrons. The highest BCUT2D eigenvalue weighted by Crippen LogP contribution is 2.24. The molecule has 1 aromatic carbocycles. The van der Waals surface area contributed by atoms with Gasteiger partial charge in [-0.05, 0) is 102 Å².